The second kappa shape index (κ2) is 71.4. The third-order valence-electron chi connectivity index (χ3n) is 18.0. The van der Waals surface area contributed by atoms with Gasteiger partial charge in [-0.2, -0.15) is 0 Å². The Bertz CT molecular complexity index is 1890. The summed E-state index contributed by atoms with van der Waals surface area (Å²) in [6.45, 7) is 3.68. The van der Waals surface area contributed by atoms with Gasteiger partial charge in [-0.15, -0.1) is 0 Å². The van der Waals surface area contributed by atoms with Crippen LogP contribution in [0, 0.1) is 0 Å². The number of carbonyl (C=O) groups excluding carboxylic acids is 1. The summed E-state index contributed by atoms with van der Waals surface area (Å²) in [6, 6.07) is -0.838. The van der Waals surface area contributed by atoms with Crippen LogP contribution in [0.15, 0.2) is 122 Å². The van der Waals surface area contributed by atoms with Crippen LogP contribution in [0.3, 0.4) is 0 Å². The summed E-state index contributed by atoms with van der Waals surface area (Å²) >= 11 is 0. The van der Waals surface area contributed by atoms with Gasteiger partial charge in [0.05, 0.1) is 25.4 Å². The number of rotatable bonds is 68. The molecule has 0 aliphatic carbocycles. The quantitative estimate of drug-likeness (QED) is 0.0261. The van der Waals surface area contributed by atoms with E-state index in [0.717, 1.165) is 89.9 Å². The molecule has 0 aromatic carbocycles. The lowest BCUT2D eigenvalue weighted by atomic mass is 9.99. The van der Waals surface area contributed by atoms with Crippen LogP contribution in [0.1, 0.15) is 348 Å². The summed E-state index contributed by atoms with van der Waals surface area (Å²) in [6.07, 6.45) is 101. The Morgan fingerprint density at radius 3 is 1.03 bits per heavy atom. The molecule has 93 heavy (non-hydrogen) atoms. The van der Waals surface area contributed by atoms with Gasteiger partial charge in [-0.25, -0.2) is 0 Å². The van der Waals surface area contributed by atoms with E-state index in [4.69, 9.17) is 9.47 Å². The van der Waals surface area contributed by atoms with Crippen molar-refractivity contribution < 1.29 is 39.8 Å². The molecule has 1 saturated heterocycles. The zero-order valence-electron chi connectivity index (χ0n) is 60.2. The number of unbranched alkanes of at least 4 members (excludes halogenated alkanes) is 40. The van der Waals surface area contributed by atoms with Crippen molar-refractivity contribution in [3.63, 3.8) is 0 Å². The van der Waals surface area contributed by atoms with E-state index < -0.39 is 49.5 Å². The number of allylic oxidation sites excluding steroid dienone is 19. The molecule has 1 heterocycles. The van der Waals surface area contributed by atoms with Crippen LogP contribution in [0.4, 0.5) is 0 Å². The lowest BCUT2D eigenvalue weighted by Gasteiger charge is -2.40. The number of aliphatic hydroxyl groups excluding tert-OH is 5. The monoisotopic (exact) mass is 1300 g/mol. The summed E-state index contributed by atoms with van der Waals surface area (Å²) in [7, 11) is 0. The summed E-state index contributed by atoms with van der Waals surface area (Å²) < 4.78 is 11.3. The lowest BCUT2D eigenvalue weighted by Crippen LogP contribution is -2.60. The van der Waals surface area contributed by atoms with Gasteiger partial charge in [0.1, 0.15) is 24.4 Å². The summed E-state index contributed by atoms with van der Waals surface area (Å²) in [4.78, 5) is 13.2. The first-order valence-corrected chi connectivity index (χ1v) is 39.3. The molecule has 0 aromatic heterocycles. The lowest BCUT2D eigenvalue weighted by molar-refractivity contribution is -0.302. The zero-order valence-corrected chi connectivity index (χ0v) is 60.2. The molecule has 9 heteroatoms. The molecule has 7 atom stereocenters. The number of hydrogen-bond donors (Lipinski definition) is 6. The normalized spacial score (nSPS) is 18.3. The molecule has 1 aliphatic rings. The number of ether oxygens (including phenoxy) is 2. The Labute approximate surface area is 573 Å². The topological polar surface area (TPSA) is 149 Å². The van der Waals surface area contributed by atoms with Crippen molar-refractivity contribution in [2.45, 2.75) is 391 Å². The van der Waals surface area contributed by atoms with Crippen LogP contribution >= 0.6 is 0 Å². The molecular weight excluding hydrogens is 1150 g/mol. The average Bonchev–Trinajstić information content (AvgIpc) is 1.01. The van der Waals surface area contributed by atoms with E-state index in [2.05, 4.69) is 129 Å². The van der Waals surface area contributed by atoms with Crippen molar-refractivity contribution in [3.8, 4) is 0 Å². The van der Waals surface area contributed by atoms with Crippen LogP contribution < -0.4 is 5.32 Å². The summed E-state index contributed by atoms with van der Waals surface area (Å²) in [5.74, 6) is -0.191. The van der Waals surface area contributed by atoms with E-state index in [1.807, 2.05) is 6.08 Å². The minimum atomic E-state index is -1.58. The fraction of sp³-hybridized carbons (Fsp3) is 0.750. The smallest absolute Gasteiger partial charge is 0.220 e. The fourth-order valence-electron chi connectivity index (χ4n) is 11.9. The molecular formula is C84H147NO8. The van der Waals surface area contributed by atoms with E-state index in [1.165, 1.54) is 238 Å². The standard InChI is InChI=1S/C84H147NO8/c1-3-5-7-9-11-13-15-17-19-21-23-25-27-29-31-33-35-37-38-39-40-42-44-46-48-50-52-54-56-58-60-62-64-66-68-70-72-74-80(88)85-77(76-92-84-83(91)82(90)81(89)79(75-86)93-84)78(87)73-71-69-67-65-63-61-59-57-55-53-51-49-47-45-43-41-36-34-32-30-28-26-24-22-20-18-16-14-12-10-8-6-4-2/h5,7,11,13,17,19,23,25,29,31,35,37,39-40,55,57,63,65,71,73,77-79,81-84,86-87,89-91H,3-4,6,8-10,12,14-16,18,20-22,24,26-28,30,32-34,36,38,41-54,56,58-62,64,66-70,72,74-76H2,1-2H3,(H,85,88)/b7-5-,13-11-,19-17-,25-23-,31-29-,37-35-,40-39-,57-55+,65-63+,73-71+. The van der Waals surface area contributed by atoms with Gasteiger partial charge < -0.3 is 40.3 Å². The van der Waals surface area contributed by atoms with Gasteiger partial charge in [0, 0.05) is 6.42 Å². The molecule has 1 aliphatic heterocycles. The number of hydrogen-bond acceptors (Lipinski definition) is 8. The SMILES string of the molecule is CC/C=C\C/C=C\C/C=C\C/C=C\C/C=C\C/C=C\C/C=C\CCCCCCCCCCCCCCCCCC(=O)NC(COC1OC(CO)C(O)C(O)C1O)C(O)/C=C/CC/C=C/CC/C=C/CCCCCCCCCCCCCCCCCCCCCCCCC. The van der Waals surface area contributed by atoms with Crippen LogP contribution in [0.5, 0.6) is 0 Å². The van der Waals surface area contributed by atoms with E-state index in [-0.39, 0.29) is 12.5 Å². The third kappa shape index (κ3) is 59.6. The summed E-state index contributed by atoms with van der Waals surface area (Å²) in [5, 5.41) is 54.9. The first-order valence-electron chi connectivity index (χ1n) is 39.3. The molecule has 6 N–H and O–H groups in total. The Morgan fingerprint density at radius 2 is 0.677 bits per heavy atom. The molecule has 0 spiro atoms. The largest absolute Gasteiger partial charge is 0.394 e. The van der Waals surface area contributed by atoms with Crippen LogP contribution in [-0.2, 0) is 14.3 Å². The van der Waals surface area contributed by atoms with Gasteiger partial charge >= 0.3 is 0 Å². The van der Waals surface area contributed by atoms with Gasteiger partial charge in [-0.1, -0.05) is 360 Å². The highest BCUT2D eigenvalue weighted by Crippen LogP contribution is 2.23. The van der Waals surface area contributed by atoms with Crippen LogP contribution in [0.2, 0.25) is 0 Å². The van der Waals surface area contributed by atoms with Crippen molar-refractivity contribution in [2.24, 2.45) is 0 Å². The van der Waals surface area contributed by atoms with E-state index in [0.29, 0.717) is 6.42 Å². The highest BCUT2D eigenvalue weighted by molar-refractivity contribution is 5.76. The minimum absolute atomic E-state index is 0.191. The van der Waals surface area contributed by atoms with E-state index in [9.17, 15) is 30.3 Å². The van der Waals surface area contributed by atoms with Crippen molar-refractivity contribution in [3.05, 3.63) is 122 Å². The number of nitrogens with one attached hydrogen (secondary N) is 1. The Balaban J connectivity index is 2.13. The van der Waals surface area contributed by atoms with E-state index in [1.54, 1.807) is 6.08 Å². The third-order valence-corrected chi connectivity index (χ3v) is 18.0. The first kappa shape index (κ1) is 87.6. The molecule has 9 nitrogen and oxygen atoms in total. The van der Waals surface area contributed by atoms with Gasteiger partial charge in [-0.05, 0) is 103 Å². The van der Waals surface area contributed by atoms with Gasteiger partial charge in [-0.3, -0.25) is 4.79 Å². The van der Waals surface area contributed by atoms with Crippen molar-refractivity contribution in [1.29, 1.82) is 0 Å². The molecule has 7 unspecified atom stereocenters. The molecule has 0 saturated carbocycles. The number of carbonyl (C=O) groups is 1. The molecule has 0 radical (unpaired) electrons. The Morgan fingerprint density at radius 1 is 0.376 bits per heavy atom. The maximum Gasteiger partial charge on any atom is 0.220 e. The molecule has 536 valence electrons. The van der Waals surface area contributed by atoms with Crippen LogP contribution in [-0.4, -0.2) is 87.5 Å². The van der Waals surface area contributed by atoms with Gasteiger partial charge in [0.25, 0.3) is 0 Å². The molecule has 0 aromatic rings. The minimum Gasteiger partial charge on any atom is -0.394 e. The van der Waals surface area contributed by atoms with Crippen molar-refractivity contribution in [2.75, 3.05) is 13.2 Å². The molecule has 1 rings (SSSR count). The highest BCUT2D eigenvalue weighted by Gasteiger charge is 2.44. The molecule has 1 amide bonds. The zero-order chi connectivity index (χ0) is 67.1. The Hall–Kier alpha value is -3.41. The molecule has 1 fully saturated rings. The van der Waals surface area contributed by atoms with Crippen LogP contribution in [0.25, 0.3) is 0 Å². The second-order valence-corrected chi connectivity index (χ2v) is 26.8. The first-order chi connectivity index (χ1) is 45.8. The van der Waals surface area contributed by atoms with Gasteiger partial charge in [0.15, 0.2) is 6.29 Å². The number of aliphatic hydroxyl groups is 5. The van der Waals surface area contributed by atoms with Gasteiger partial charge in [0.2, 0.25) is 5.91 Å². The predicted molar refractivity (Wildman–Crippen MR) is 400 cm³/mol. The Kier molecular flexibility index (Phi) is 67.2. The maximum atomic E-state index is 13.2. The molecule has 0 bridgehead atoms. The average molecular weight is 1300 g/mol. The number of amides is 1. The van der Waals surface area contributed by atoms with Crippen molar-refractivity contribution in [1.82, 2.24) is 5.32 Å². The fourth-order valence-corrected chi connectivity index (χ4v) is 11.9. The van der Waals surface area contributed by atoms with Crippen molar-refractivity contribution >= 4 is 5.91 Å². The second-order valence-electron chi connectivity index (χ2n) is 26.8. The summed E-state index contributed by atoms with van der Waals surface area (Å²) in [5.41, 5.74) is 0. The van der Waals surface area contributed by atoms with E-state index >= 15 is 0 Å². The predicted octanol–water partition coefficient (Wildman–Crippen LogP) is 22.5. The highest BCUT2D eigenvalue weighted by atomic mass is 16.7. The maximum absolute atomic E-state index is 13.2.